The number of methoxy groups -OCH3 is 1. The van der Waals surface area contributed by atoms with Crippen LogP contribution in [-0.2, 0) is 9.53 Å². The number of hydrogen-bond acceptors (Lipinski definition) is 4. The number of benzene rings is 2. The van der Waals surface area contributed by atoms with Gasteiger partial charge in [-0.15, -0.1) is 0 Å². The molecule has 1 heterocycles. The van der Waals surface area contributed by atoms with Gasteiger partial charge < -0.3 is 15.2 Å². The van der Waals surface area contributed by atoms with Gasteiger partial charge in [0, 0.05) is 15.6 Å². The van der Waals surface area contributed by atoms with Crippen molar-refractivity contribution in [1.29, 1.82) is 0 Å². The third-order valence-corrected chi connectivity index (χ3v) is 4.59. The van der Waals surface area contributed by atoms with Crippen LogP contribution in [0.3, 0.4) is 0 Å². The predicted octanol–water partition coefficient (Wildman–Crippen LogP) is 3.40. The van der Waals surface area contributed by atoms with Crippen LogP contribution in [-0.4, -0.2) is 36.7 Å². The summed E-state index contributed by atoms with van der Waals surface area (Å²) >= 11 is 12.3. The van der Waals surface area contributed by atoms with E-state index < -0.39 is 24.1 Å². The molecule has 6 nitrogen and oxygen atoms in total. The first-order valence-electron chi connectivity index (χ1n) is 7.76. The molecular formula is C18H16Cl2N2O4. The lowest BCUT2D eigenvalue weighted by Gasteiger charge is -2.28. The molecule has 26 heavy (non-hydrogen) atoms. The van der Waals surface area contributed by atoms with E-state index in [-0.39, 0.29) is 6.54 Å². The van der Waals surface area contributed by atoms with Gasteiger partial charge in [0.05, 0.1) is 19.7 Å². The number of carbonyl (C=O) groups excluding carboxylic acids is 2. The second kappa shape index (κ2) is 7.43. The average Bonchev–Trinajstić information content (AvgIpc) is 2.98. The Morgan fingerprint density at radius 1 is 1.27 bits per heavy atom. The maximum Gasteiger partial charge on any atom is 0.411 e. The van der Waals surface area contributed by atoms with E-state index >= 15 is 0 Å². The minimum Gasteiger partial charge on any atom is -0.496 e. The summed E-state index contributed by atoms with van der Waals surface area (Å²) in [4.78, 5) is 25.3. The molecule has 0 radical (unpaired) electrons. The minimum absolute atomic E-state index is 0.0149. The highest BCUT2D eigenvalue weighted by Gasteiger charge is 2.41. The van der Waals surface area contributed by atoms with Gasteiger partial charge in [-0.3, -0.25) is 9.69 Å². The maximum atomic E-state index is 12.4. The second-order valence-corrected chi connectivity index (χ2v) is 6.64. The third-order valence-electron chi connectivity index (χ3n) is 4.12. The Bertz CT molecular complexity index is 859. The molecular weight excluding hydrogens is 379 g/mol. The van der Waals surface area contributed by atoms with Crippen molar-refractivity contribution in [3.05, 3.63) is 63.6 Å². The summed E-state index contributed by atoms with van der Waals surface area (Å²) in [7, 11) is 1.52. The lowest BCUT2D eigenvalue weighted by molar-refractivity contribution is -0.124. The summed E-state index contributed by atoms with van der Waals surface area (Å²) in [6.07, 6.45) is -1.67. The van der Waals surface area contributed by atoms with Crippen molar-refractivity contribution in [2.75, 3.05) is 13.7 Å². The van der Waals surface area contributed by atoms with Crippen molar-refractivity contribution in [1.82, 2.24) is 4.90 Å². The first-order valence-corrected chi connectivity index (χ1v) is 8.51. The minimum atomic E-state index is -1.02. The van der Waals surface area contributed by atoms with Crippen LogP contribution < -0.4 is 10.5 Å². The number of amides is 2. The average molecular weight is 395 g/mol. The zero-order valence-corrected chi connectivity index (χ0v) is 15.3. The van der Waals surface area contributed by atoms with Crippen molar-refractivity contribution >= 4 is 35.2 Å². The standard InChI is InChI=1S/C18H16Cl2N2O4/c1-25-14-6-5-12(20)8-13(14)16(10-3-2-4-11(19)7-10)22-9-15(17(21)23)26-18(22)24/h2-8,15-16H,9H2,1H3,(H2,21,23)/t15?,16-/m1/s1. The van der Waals surface area contributed by atoms with Crippen molar-refractivity contribution in [3.8, 4) is 5.75 Å². The van der Waals surface area contributed by atoms with Crippen LogP contribution in [0.25, 0.3) is 0 Å². The van der Waals surface area contributed by atoms with E-state index in [0.717, 1.165) is 5.56 Å². The Morgan fingerprint density at radius 3 is 2.62 bits per heavy atom. The normalized spacial score (nSPS) is 17.7. The molecule has 0 bridgehead atoms. The van der Waals surface area contributed by atoms with E-state index in [0.29, 0.717) is 21.4 Å². The van der Waals surface area contributed by atoms with Crippen LogP contribution in [0.1, 0.15) is 17.2 Å². The summed E-state index contributed by atoms with van der Waals surface area (Å²) in [5.74, 6) is -0.168. The number of carbonyl (C=O) groups is 2. The maximum absolute atomic E-state index is 12.4. The number of nitrogens with two attached hydrogens (primary N) is 1. The topological polar surface area (TPSA) is 81.9 Å². The first kappa shape index (κ1) is 18.4. The molecule has 1 aliphatic rings. The van der Waals surface area contributed by atoms with Crippen molar-refractivity contribution in [3.63, 3.8) is 0 Å². The highest BCUT2D eigenvalue weighted by molar-refractivity contribution is 6.31. The predicted molar refractivity (Wildman–Crippen MR) is 97.5 cm³/mol. The fourth-order valence-corrected chi connectivity index (χ4v) is 3.34. The van der Waals surface area contributed by atoms with E-state index in [2.05, 4.69) is 0 Å². The van der Waals surface area contributed by atoms with E-state index in [1.54, 1.807) is 36.4 Å². The summed E-state index contributed by atoms with van der Waals surface area (Å²) in [5, 5.41) is 0.986. The monoisotopic (exact) mass is 394 g/mol. The Labute approximate surface area is 160 Å². The van der Waals surface area contributed by atoms with Gasteiger partial charge in [0.1, 0.15) is 5.75 Å². The van der Waals surface area contributed by atoms with E-state index in [1.807, 2.05) is 6.07 Å². The Hall–Kier alpha value is -2.44. The number of primary amides is 1. The number of nitrogens with zero attached hydrogens (tertiary/aromatic N) is 1. The molecule has 136 valence electrons. The van der Waals surface area contributed by atoms with Gasteiger partial charge in [-0.2, -0.15) is 0 Å². The van der Waals surface area contributed by atoms with Gasteiger partial charge in [0.2, 0.25) is 0 Å². The zero-order chi connectivity index (χ0) is 18.8. The number of hydrogen-bond donors (Lipinski definition) is 1. The molecule has 1 unspecified atom stereocenters. The Balaban J connectivity index is 2.14. The van der Waals surface area contributed by atoms with E-state index in [1.165, 1.54) is 12.0 Å². The van der Waals surface area contributed by atoms with E-state index in [4.69, 9.17) is 38.4 Å². The molecule has 1 saturated heterocycles. The summed E-state index contributed by atoms with van der Waals surface area (Å²) in [5.41, 5.74) is 6.66. The molecule has 0 spiro atoms. The lowest BCUT2D eigenvalue weighted by Crippen LogP contribution is -2.35. The molecule has 2 N–H and O–H groups in total. The number of halogens is 2. The first-order chi connectivity index (χ1) is 12.4. The van der Waals surface area contributed by atoms with Gasteiger partial charge in [0.15, 0.2) is 6.10 Å². The molecule has 2 aromatic rings. The van der Waals surface area contributed by atoms with Gasteiger partial charge in [-0.25, -0.2) is 4.79 Å². The summed E-state index contributed by atoms with van der Waals surface area (Å²) in [6, 6.07) is 11.5. The second-order valence-electron chi connectivity index (χ2n) is 5.77. The van der Waals surface area contributed by atoms with Crippen LogP contribution in [0.15, 0.2) is 42.5 Å². The molecule has 3 rings (SSSR count). The third kappa shape index (κ3) is 3.57. The SMILES string of the molecule is COc1ccc(Cl)cc1[C@@H](c1cccc(Cl)c1)N1CC(C(N)=O)OC1=O. The number of ether oxygens (including phenoxy) is 2. The Morgan fingerprint density at radius 2 is 2.00 bits per heavy atom. The molecule has 0 saturated carbocycles. The van der Waals surface area contributed by atoms with Crippen LogP contribution >= 0.6 is 23.2 Å². The molecule has 2 amide bonds. The highest BCUT2D eigenvalue weighted by atomic mass is 35.5. The molecule has 2 aromatic carbocycles. The molecule has 2 atom stereocenters. The lowest BCUT2D eigenvalue weighted by atomic mass is 9.96. The fourth-order valence-electron chi connectivity index (χ4n) is 2.96. The smallest absolute Gasteiger partial charge is 0.411 e. The van der Waals surface area contributed by atoms with Crippen molar-refractivity contribution in [2.45, 2.75) is 12.1 Å². The van der Waals surface area contributed by atoms with Gasteiger partial charge >= 0.3 is 6.09 Å². The van der Waals surface area contributed by atoms with Gasteiger partial charge in [-0.1, -0.05) is 35.3 Å². The number of rotatable bonds is 5. The van der Waals surface area contributed by atoms with Crippen LogP contribution in [0.2, 0.25) is 10.0 Å². The van der Waals surface area contributed by atoms with Crippen LogP contribution in [0, 0.1) is 0 Å². The summed E-state index contributed by atoms with van der Waals surface area (Å²) < 4.78 is 10.5. The Kier molecular flexibility index (Phi) is 5.25. The molecule has 1 aliphatic heterocycles. The summed E-state index contributed by atoms with van der Waals surface area (Å²) in [6.45, 7) is 0.0149. The van der Waals surface area contributed by atoms with Crippen LogP contribution in [0.5, 0.6) is 5.75 Å². The van der Waals surface area contributed by atoms with Crippen molar-refractivity contribution in [2.24, 2.45) is 5.73 Å². The van der Waals surface area contributed by atoms with Crippen molar-refractivity contribution < 1.29 is 19.1 Å². The molecule has 8 heteroatoms. The fraction of sp³-hybridized carbons (Fsp3) is 0.222. The van der Waals surface area contributed by atoms with Gasteiger partial charge in [0.25, 0.3) is 5.91 Å². The van der Waals surface area contributed by atoms with Gasteiger partial charge in [-0.05, 0) is 35.9 Å². The molecule has 0 aromatic heterocycles. The quantitative estimate of drug-likeness (QED) is 0.842. The largest absolute Gasteiger partial charge is 0.496 e. The number of cyclic esters (lactones) is 1. The zero-order valence-electron chi connectivity index (χ0n) is 13.8. The highest BCUT2D eigenvalue weighted by Crippen LogP contribution is 2.39. The molecule has 1 fully saturated rings. The van der Waals surface area contributed by atoms with E-state index in [9.17, 15) is 9.59 Å². The van der Waals surface area contributed by atoms with Crippen LogP contribution in [0.4, 0.5) is 4.79 Å². The molecule has 0 aliphatic carbocycles.